The van der Waals surface area contributed by atoms with Gasteiger partial charge in [0.1, 0.15) is 23.1 Å². The number of hydrogen-bond acceptors (Lipinski definition) is 7. The lowest BCUT2D eigenvalue weighted by molar-refractivity contribution is -0.124. The van der Waals surface area contributed by atoms with Crippen molar-refractivity contribution in [2.75, 3.05) is 23.4 Å². The van der Waals surface area contributed by atoms with Crippen LogP contribution < -0.4 is 15.0 Å². The topological polar surface area (TPSA) is 115 Å². The molecule has 0 spiro atoms. The molecule has 1 aromatic carbocycles. The number of benzene rings is 1. The number of carbonyl (C=O) groups is 1. The van der Waals surface area contributed by atoms with Gasteiger partial charge in [-0.25, -0.2) is 4.98 Å². The maximum atomic E-state index is 12.9. The molecular formula is C21H22N6O2. The van der Waals surface area contributed by atoms with Gasteiger partial charge in [-0.15, -0.1) is 0 Å². The third kappa shape index (κ3) is 3.70. The van der Waals surface area contributed by atoms with Gasteiger partial charge >= 0.3 is 0 Å². The van der Waals surface area contributed by atoms with Gasteiger partial charge in [0.25, 0.3) is 0 Å². The second-order valence-corrected chi connectivity index (χ2v) is 7.06. The Labute approximate surface area is 169 Å². The zero-order valence-electron chi connectivity index (χ0n) is 16.6. The van der Waals surface area contributed by atoms with E-state index in [1.165, 1.54) is 0 Å². The maximum Gasteiger partial charge on any atom is 0.248 e. The van der Waals surface area contributed by atoms with Gasteiger partial charge in [-0.1, -0.05) is 13.8 Å². The van der Waals surface area contributed by atoms with Gasteiger partial charge in [-0.2, -0.15) is 15.5 Å². The third-order valence-corrected chi connectivity index (χ3v) is 5.12. The first-order valence-corrected chi connectivity index (χ1v) is 9.45. The molecule has 1 aliphatic rings. The average Bonchev–Trinajstić information content (AvgIpc) is 3.06. The number of amides is 1. The highest BCUT2D eigenvalue weighted by atomic mass is 16.5. The summed E-state index contributed by atoms with van der Waals surface area (Å²) in [6, 6.07) is 11.1. The van der Waals surface area contributed by atoms with Gasteiger partial charge in [-0.3, -0.25) is 9.69 Å². The van der Waals surface area contributed by atoms with Gasteiger partial charge in [0.2, 0.25) is 11.9 Å². The lowest BCUT2D eigenvalue weighted by Gasteiger charge is -2.24. The van der Waals surface area contributed by atoms with Gasteiger partial charge in [0, 0.05) is 24.5 Å². The molecule has 8 nitrogen and oxygen atoms in total. The van der Waals surface area contributed by atoms with E-state index < -0.39 is 5.41 Å². The van der Waals surface area contributed by atoms with Gasteiger partial charge in [0.05, 0.1) is 18.2 Å². The number of nitrogens with one attached hydrogen (secondary N) is 1. The van der Waals surface area contributed by atoms with Crippen molar-refractivity contribution in [1.29, 1.82) is 10.5 Å². The van der Waals surface area contributed by atoms with Crippen LogP contribution in [-0.2, 0) is 4.79 Å². The first-order chi connectivity index (χ1) is 13.9. The molecule has 8 heteroatoms. The number of anilines is 3. The van der Waals surface area contributed by atoms with Gasteiger partial charge < -0.3 is 10.1 Å². The van der Waals surface area contributed by atoms with E-state index in [0.717, 1.165) is 0 Å². The molecule has 1 saturated heterocycles. The highest BCUT2D eigenvalue weighted by Crippen LogP contribution is 2.40. The summed E-state index contributed by atoms with van der Waals surface area (Å²) in [5, 5.41) is 21.9. The molecular weight excluding hydrogens is 368 g/mol. The fourth-order valence-corrected chi connectivity index (χ4v) is 3.38. The highest BCUT2D eigenvalue weighted by molar-refractivity contribution is 6.01. The van der Waals surface area contributed by atoms with Crippen molar-refractivity contribution in [2.24, 2.45) is 11.3 Å². The molecule has 3 rings (SSSR count). The van der Waals surface area contributed by atoms with E-state index in [-0.39, 0.29) is 11.8 Å². The van der Waals surface area contributed by atoms with Crippen LogP contribution in [0, 0.1) is 34.0 Å². The first-order valence-electron chi connectivity index (χ1n) is 9.45. The third-order valence-electron chi connectivity index (χ3n) is 5.12. The van der Waals surface area contributed by atoms with Crippen molar-refractivity contribution in [3.63, 3.8) is 0 Å². The normalized spacial score (nSPS) is 18.4. The minimum absolute atomic E-state index is 0.0833. The fraction of sp³-hybridized carbons (Fsp3) is 0.381. The average molecular weight is 390 g/mol. The summed E-state index contributed by atoms with van der Waals surface area (Å²) in [6.45, 7) is 6.50. The van der Waals surface area contributed by atoms with Crippen LogP contribution in [0.4, 0.5) is 17.5 Å². The molecule has 2 aromatic rings. The summed E-state index contributed by atoms with van der Waals surface area (Å²) < 4.78 is 5.50. The molecule has 0 radical (unpaired) electrons. The zero-order chi connectivity index (χ0) is 21.0. The number of hydrogen-bond donors (Lipinski definition) is 1. The van der Waals surface area contributed by atoms with Gasteiger partial charge in [-0.05, 0) is 37.5 Å². The number of aromatic nitrogens is 2. The summed E-state index contributed by atoms with van der Waals surface area (Å²) in [7, 11) is 0. The predicted octanol–water partition coefficient (Wildman–Crippen LogP) is 3.39. The van der Waals surface area contributed by atoms with E-state index in [1.54, 1.807) is 35.4 Å². The number of carbonyl (C=O) groups excluding carboxylic acids is 1. The minimum Gasteiger partial charge on any atom is -0.492 e. The van der Waals surface area contributed by atoms with Crippen LogP contribution in [-0.4, -0.2) is 29.0 Å². The molecule has 0 saturated carbocycles. The second kappa shape index (κ2) is 8.15. The Hall–Kier alpha value is -3.65. The molecule has 1 aliphatic heterocycles. The Bertz CT molecular complexity index is 1010. The van der Waals surface area contributed by atoms with E-state index in [9.17, 15) is 15.3 Å². The van der Waals surface area contributed by atoms with Crippen LogP contribution in [0.5, 0.6) is 5.75 Å². The molecule has 0 bridgehead atoms. The van der Waals surface area contributed by atoms with Crippen molar-refractivity contribution in [2.45, 2.75) is 27.2 Å². The smallest absolute Gasteiger partial charge is 0.248 e. The van der Waals surface area contributed by atoms with Crippen LogP contribution in [0.2, 0.25) is 0 Å². The standard InChI is InChI=1S/C21H22N6O2/c1-4-29-17-11-16(6-5-15(17)12-22)25-20-24-9-7-18(26-20)27-10-8-21(13-23,14(2)3)19(27)28/h5-7,9,11,14H,4,8,10H2,1-3H3,(H,24,25,26)/t21-/m1/s1. The van der Waals surface area contributed by atoms with Crippen LogP contribution in [0.3, 0.4) is 0 Å². The zero-order valence-corrected chi connectivity index (χ0v) is 16.6. The van der Waals surface area contributed by atoms with Crippen LogP contribution in [0.15, 0.2) is 30.5 Å². The largest absolute Gasteiger partial charge is 0.492 e. The summed E-state index contributed by atoms with van der Waals surface area (Å²) in [4.78, 5) is 23.1. The van der Waals surface area contributed by atoms with E-state index in [0.29, 0.717) is 48.3 Å². The number of nitriles is 2. The van der Waals surface area contributed by atoms with E-state index in [4.69, 9.17) is 4.74 Å². The Morgan fingerprint density at radius 1 is 1.34 bits per heavy atom. The van der Waals surface area contributed by atoms with Crippen molar-refractivity contribution in [3.05, 3.63) is 36.0 Å². The SMILES string of the molecule is CCOc1cc(Nc2nccc(N3CC[C@@](C#N)(C(C)C)C3=O)n2)ccc1C#N. The van der Waals surface area contributed by atoms with Crippen molar-refractivity contribution in [3.8, 4) is 17.9 Å². The molecule has 148 valence electrons. The quantitative estimate of drug-likeness (QED) is 0.804. The lowest BCUT2D eigenvalue weighted by Crippen LogP contribution is -2.37. The van der Waals surface area contributed by atoms with Crippen LogP contribution in [0.25, 0.3) is 0 Å². The van der Waals surface area contributed by atoms with Gasteiger partial charge in [0.15, 0.2) is 0 Å². The minimum atomic E-state index is -1.02. The molecule has 0 unspecified atom stereocenters. The Balaban J connectivity index is 1.85. The molecule has 2 heterocycles. The summed E-state index contributed by atoms with van der Waals surface area (Å²) in [5.74, 6) is 0.920. The molecule has 1 amide bonds. The van der Waals surface area contributed by atoms with E-state index >= 15 is 0 Å². The number of rotatable bonds is 6. The Kier molecular flexibility index (Phi) is 5.65. The molecule has 29 heavy (non-hydrogen) atoms. The van der Waals surface area contributed by atoms with Crippen LogP contribution in [0.1, 0.15) is 32.8 Å². The lowest BCUT2D eigenvalue weighted by atomic mass is 9.77. The van der Waals surface area contributed by atoms with Crippen molar-refractivity contribution in [1.82, 2.24) is 9.97 Å². The predicted molar refractivity (Wildman–Crippen MR) is 107 cm³/mol. The first kappa shape index (κ1) is 20.1. The summed E-state index contributed by atoms with van der Waals surface area (Å²) in [6.07, 6.45) is 2.03. The van der Waals surface area contributed by atoms with Crippen molar-refractivity contribution >= 4 is 23.4 Å². The molecule has 0 aliphatic carbocycles. The van der Waals surface area contributed by atoms with Crippen LogP contribution >= 0.6 is 0 Å². The molecule has 1 aromatic heterocycles. The molecule has 1 fully saturated rings. The number of nitrogens with zero attached hydrogens (tertiary/aromatic N) is 5. The maximum absolute atomic E-state index is 12.9. The van der Waals surface area contributed by atoms with E-state index in [1.807, 2.05) is 20.8 Å². The monoisotopic (exact) mass is 390 g/mol. The molecule has 1 atom stereocenters. The summed E-state index contributed by atoms with van der Waals surface area (Å²) in [5.41, 5.74) is 0.0834. The summed E-state index contributed by atoms with van der Waals surface area (Å²) >= 11 is 0. The number of ether oxygens (including phenoxy) is 1. The van der Waals surface area contributed by atoms with E-state index in [2.05, 4.69) is 27.4 Å². The Morgan fingerprint density at radius 3 is 2.76 bits per heavy atom. The van der Waals surface area contributed by atoms with Crippen molar-refractivity contribution < 1.29 is 9.53 Å². The fourth-order valence-electron chi connectivity index (χ4n) is 3.38. The second-order valence-electron chi connectivity index (χ2n) is 7.06. The molecule has 1 N–H and O–H groups in total. The highest BCUT2D eigenvalue weighted by Gasteiger charge is 2.50. The Morgan fingerprint density at radius 2 is 2.14 bits per heavy atom.